The smallest absolute Gasteiger partial charge is 0.119 e. The first-order valence-electron chi connectivity index (χ1n) is 8.50. The van der Waals surface area contributed by atoms with Gasteiger partial charge in [0.05, 0.1) is 7.11 Å². The Hall–Kier alpha value is -1.87. The number of aryl methyl sites for hydroxylation is 1. The number of benzene rings is 1. The van der Waals surface area contributed by atoms with Crippen molar-refractivity contribution in [1.82, 2.24) is 9.88 Å². The number of fused-ring (bicyclic) bond motifs is 1. The molecule has 0 radical (unpaired) electrons. The fraction of sp³-hybridized carbons (Fsp3) is 0.450. The summed E-state index contributed by atoms with van der Waals surface area (Å²) in [5.74, 6) is 1.62. The summed E-state index contributed by atoms with van der Waals surface area (Å²) >= 11 is 0. The quantitative estimate of drug-likeness (QED) is 0.814. The summed E-state index contributed by atoms with van der Waals surface area (Å²) < 4.78 is 5.37. The summed E-state index contributed by atoms with van der Waals surface area (Å²) in [4.78, 5) is 6.65. The Morgan fingerprint density at radius 2 is 2.22 bits per heavy atom. The molecule has 0 fully saturated rings. The average molecular weight is 310 g/mol. The number of hydrogen-bond donors (Lipinski definition) is 0. The van der Waals surface area contributed by atoms with Gasteiger partial charge in [0.1, 0.15) is 5.75 Å². The molecular formula is C20H26N2O. The molecule has 3 nitrogen and oxygen atoms in total. The molecular weight excluding hydrogens is 284 g/mol. The van der Waals surface area contributed by atoms with Crippen LogP contribution in [-0.2, 0) is 12.8 Å². The predicted octanol–water partition coefficient (Wildman–Crippen LogP) is 3.68. The van der Waals surface area contributed by atoms with Crippen molar-refractivity contribution in [2.45, 2.75) is 31.6 Å². The SMILES string of the molecule is COc1ccc2c(c1)CCCC2CN(C)CCc1cccnc1. The third-order valence-electron chi connectivity index (χ3n) is 4.83. The molecule has 0 bridgehead atoms. The molecule has 122 valence electrons. The van der Waals surface area contributed by atoms with Crippen molar-refractivity contribution in [2.75, 3.05) is 27.2 Å². The highest BCUT2D eigenvalue weighted by molar-refractivity contribution is 5.39. The molecule has 0 N–H and O–H groups in total. The van der Waals surface area contributed by atoms with Gasteiger partial charge in [-0.05, 0) is 73.5 Å². The Kier molecular flexibility index (Phi) is 5.29. The van der Waals surface area contributed by atoms with E-state index in [-0.39, 0.29) is 0 Å². The first-order valence-corrected chi connectivity index (χ1v) is 8.50. The highest BCUT2D eigenvalue weighted by Gasteiger charge is 2.21. The number of likely N-dealkylation sites (N-methyl/N-ethyl adjacent to an activating group) is 1. The van der Waals surface area contributed by atoms with Crippen LogP contribution >= 0.6 is 0 Å². The Bertz CT molecular complexity index is 627. The van der Waals surface area contributed by atoms with Crippen molar-refractivity contribution < 1.29 is 4.74 Å². The zero-order valence-electron chi connectivity index (χ0n) is 14.2. The van der Waals surface area contributed by atoms with Gasteiger partial charge >= 0.3 is 0 Å². The number of ether oxygens (including phenoxy) is 1. The average Bonchev–Trinajstić information content (AvgIpc) is 2.60. The van der Waals surface area contributed by atoms with Crippen molar-refractivity contribution in [3.8, 4) is 5.75 Å². The van der Waals surface area contributed by atoms with Crippen LogP contribution < -0.4 is 4.74 Å². The van der Waals surface area contributed by atoms with E-state index in [1.807, 2.05) is 18.5 Å². The molecule has 1 atom stereocenters. The van der Waals surface area contributed by atoms with Crippen LogP contribution in [0.4, 0.5) is 0 Å². The molecule has 1 aliphatic carbocycles. The molecule has 23 heavy (non-hydrogen) atoms. The second kappa shape index (κ2) is 7.60. The van der Waals surface area contributed by atoms with Crippen LogP contribution in [0.2, 0.25) is 0 Å². The van der Waals surface area contributed by atoms with E-state index in [1.54, 1.807) is 7.11 Å². The molecule has 0 spiro atoms. The van der Waals surface area contributed by atoms with Crippen molar-refractivity contribution >= 4 is 0 Å². The zero-order valence-corrected chi connectivity index (χ0v) is 14.2. The summed E-state index contributed by atoms with van der Waals surface area (Å²) in [7, 11) is 3.97. The van der Waals surface area contributed by atoms with Crippen molar-refractivity contribution in [1.29, 1.82) is 0 Å². The predicted molar refractivity (Wildman–Crippen MR) is 94.1 cm³/mol. The van der Waals surface area contributed by atoms with Crippen LogP contribution in [0.3, 0.4) is 0 Å². The number of pyridine rings is 1. The van der Waals surface area contributed by atoms with Gasteiger partial charge in [-0.2, -0.15) is 0 Å². The summed E-state index contributed by atoms with van der Waals surface area (Å²) in [6.45, 7) is 2.20. The first-order chi connectivity index (χ1) is 11.3. The van der Waals surface area contributed by atoms with E-state index in [0.717, 1.165) is 25.3 Å². The lowest BCUT2D eigenvalue weighted by molar-refractivity contribution is 0.300. The van der Waals surface area contributed by atoms with Crippen LogP contribution in [0.15, 0.2) is 42.7 Å². The molecule has 2 aromatic rings. The van der Waals surface area contributed by atoms with E-state index >= 15 is 0 Å². The molecule has 1 aromatic heterocycles. The highest BCUT2D eigenvalue weighted by Crippen LogP contribution is 2.34. The van der Waals surface area contributed by atoms with E-state index in [2.05, 4.69) is 41.2 Å². The maximum Gasteiger partial charge on any atom is 0.119 e. The van der Waals surface area contributed by atoms with Crippen LogP contribution in [0.5, 0.6) is 5.75 Å². The van der Waals surface area contributed by atoms with Gasteiger partial charge in [0.15, 0.2) is 0 Å². The second-order valence-corrected chi connectivity index (χ2v) is 6.53. The van der Waals surface area contributed by atoms with Gasteiger partial charge in [-0.15, -0.1) is 0 Å². The van der Waals surface area contributed by atoms with Gasteiger partial charge in [0.2, 0.25) is 0 Å². The fourth-order valence-electron chi connectivity index (χ4n) is 3.54. The van der Waals surface area contributed by atoms with E-state index in [0.29, 0.717) is 5.92 Å². The first kappa shape index (κ1) is 16.0. The van der Waals surface area contributed by atoms with Gasteiger partial charge in [-0.1, -0.05) is 12.1 Å². The number of hydrogen-bond acceptors (Lipinski definition) is 3. The lowest BCUT2D eigenvalue weighted by Crippen LogP contribution is -2.28. The van der Waals surface area contributed by atoms with Crippen LogP contribution in [0.25, 0.3) is 0 Å². The molecule has 0 amide bonds. The van der Waals surface area contributed by atoms with Crippen LogP contribution in [0.1, 0.15) is 35.4 Å². The van der Waals surface area contributed by atoms with E-state index in [1.165, 1.54) is 36.0 Å². The molecule has 0 aliphatic heterocycles. The number of aromatic nitrogens is 1. The van der Waals surface area contributed by atoms with E-state index in [4.69, 9.17) is 4.74 Å². The van der Waals surface area contributed by atoms with Crippen LogP contribution in [0, 0.1) is 0 Å². The Labute approximate surface area is 139 Å². The van der Waals surface area contributed by atoms with Crippen molar-refractivity contribution in [3.63, 3.8) is 0 Å². The van der Waals surface area contributed by atoms with Crippen molar-refractivity contribution in [3.05, 3.63) is 59.4 Å². The second-order valence-electron chi connectivity index (χ2n) is 6.53. The molecule has 0 saturated carbocycles. The summed E-state index contributed by atoms with van der Waals surface area (Å²) in [5.41, 5.74) is 4.31. The van der Waals surface area contributed by atoms with Gasteiger partial charge in [-0.3, -0.25) is 4.98 Å². The third kappa shape index (κ3) is 4.11. The minimum Gasteiger partial charge on any atom is -0.497 e. The maximum atomic E-state index is 5.37. The lowest BCUT2D eigenvalue weighted by atomic mass is 9.82. The molecule has 1 heterocycles. The minimum absolute atomic E-state index is 0.642. The molecule has 0 saturated heterocycles. The van der Waals surface area contributed by atoms with Gasteiger partial charge in [-0.25, -0.2) is 0 Å². The minimum atomic E-state index is 0.642. The fourth-order valence-corrected chi connectivity index (χ4v) is 3.54. The molecule has 1 aliphatic rings. The Morgan fingerprint density at radius 3 is 3.00 bits per heavy atom. The Morgan fingerprint density at radius 1 is 1.30 bits per heavy atom. The van der Waals surface area contributed by atoms with Crippen LogP contribution in [-0.4, -0.2) is 37.1 Å². The number of nitrogens with zero attached hydrogens (tertiary/aromatic N) is 2. The number of methoxy groups -OCH3 is 1. The highest BCUT2D eigenvalue weighted by atomic mass is 16.5. The summed E-state index contributed by atoms with van der Waals surface area (Å²) in [6, 6.07) is 10.8. The molecule has 1 unspecified atom stereocenters. The summed E-state index contributed by atoms with van der Waals surface area (Å²) in [6.07, 6.45) is 8.61. The lowest BCUT2D eigenvalue weighted by Gasteiger charge is -2.29. The van der Waals surface area contributed by atoms with Gasteiger partial charge < -0.3 is 9.64 Å². The molecule has 3 rings (SSSR count). The van der Waals surface area contributed by atoms with E-state index < -0.39 is 0 Å². The zero-order chi connectivity index (χ0) is 16.1. The third-order valence-corrected chi connectivity index (χ3v) is 4.83. The Balaban J connectivity index is 1.60. The molecule has 3 heteroatoms. The van der Waals surface area contributed by atoms with Gasteiger partial charge in [0, 0.05) is 25.5 Å². The monoisotopic (exact) mass is 310 g/mol. The van der Waals surface area contributed by atoms with E-state index in [9.17, 15) is 0 Å². The number of rotatable bonds is 6. The topological polar surface area (TPSA) is 25.4 Å². The molecule has 1 aromatic carbocycles. The maximum absolute atomic E-state index is 5.37. The van der Waals surface area contributed by atoms with Crippen molar-refractivity contribution in [2.24, 2.45) is 0 Å². The van der Waals surface area contributed by atoms with Gasteiger partial charge in [0.25, 0.3) is 0 Å². The standard InChI is InChI=1S/C20H26N2O/c1-22(12-10-16-5-4-11-21-14-16)15-18-7-3-6-17-13-19(23-2)8-9-20(17)18/h4-5,8-9,11,13-14,18H,3,6-7,10,12,15H2,1-2H3. The summed E-state index contributed by atoms with van der Waals surface area (Å²) in [5, 5.41) is 0. The largest absolute Gasteiger partial charge is 0.497 e. The normalized spacial score (nSPS) is 17.1.